The van der Waals surface area contributed by atoms with Gasteiger partial charge in [-0.15, -0.1) is 0 Å². The van der Waals surface area contributed by atoms with E-state index in [4.69, 9.17) is 9.47 Å². The van der Waals surface area contributed by atoms with Crippen molar-refractivity contribution in [3.8, 4) is 0 Å². The highest BCUT2D eigenvalue weighted by molar-refractivity contribution is 5.85. The smallest absolute Gasteiger partial charge is 0.165 e. The first-order valence-electron chi connectivity index (χ1n) is 7.01. The summed E-state index contributed by atoms with van der Waals surface area (Å²) in [5, 5.41) is 0. The second-order valence-corrected chi connectivity index (χ2v) is 6.91. The second kappa shape index (κ2) is 3.26. The van der Waals surface area contributed by atoms with Gasteiger partial charge in [0, 0.05) is 23.2 Å². The zero-order valence-corrected chi connectivity index (χ0v) is 11.1. The molecule has 18 heavy (non-hydrogen) atoms. The minimum Gasteiger partial charge on any atom is -0.351 e. The molecule has 3 nitrogen and oxygen atoms in total. The highest BCUT2D eigenvalue weighted by atomic mass is 16.7. The molecule has 0 aromatic carbocycles. The van der Waals surface area contributed by atoms with Gasteiger partial charge >= 0.3 is 0 Å². The lowest BCUT2D eigenvalue weighted by atomic mass is 9.48. The molecule has 0 aromatic rings. The number of ketones is 1. The number of rotatable bonds is 0. The van der Waals surface area contributed by atoms with Crippen molar-refractivity contribution in [1.82, 2.24) is 0 Å². The summed E-state index contributed by atoms with van der Waals surface area (Å²) in [6.45, 7) is 5.77. The molecule has 2 aliphatic carbocycles. The lowest BCUT2D eigenvalue weighted by Gasteiger charge is -2.53. The van der Waals surface area contributed by atoms with E-state index in [1.807, 2.05) is 0 Å². The minimum absolute atomic E-state index is 0.0388. The van der Waals surface area contributed by atoms with Gasteiger partial charge in [0.25, 0.3) is 0 Å². The van der Waals surface area contributed by atoms with E-state index in [9.17, 15) is 4.79 Å². The molecule has 2 saturated heterocycles. The fraction of sp³-hybridized carbons (Fsp3) is 0.800. The fourth-order valence-electron chi connectivity index (χ4n) is 4.94. The van der Waals surface area contributed by atoms with Crippen LogP contribution in [-0.4, -0.2) is 25.3 Å². The van der Waals surface area contributed by atoms with Gasteiger partial charge in [0.1, 0.15) is 5.78 Å². The standard InChI is InChI=1S/C15H20O3/c1-14(2)10-4-3-9-7-17-13-12(9)15(10,8-18-13)6-5-11(14)16/h3,10,12-13H,4-8H2,1-2H3/t10-,12+,13+,15-/m0/s1. The van der Waals surface area contributed by atoms with Gasteiger partial charge in [0.2, 0.25) is 0 Å². The minimum atomic E-state index is -0.207. The monoisotopic (exact) mass is 248 g/mol. The Balaban J connectivity index is 1.84. The number of carbonyl (C=O) groups is 1. The number of ether oxygens (including phenoxy) is 2. The van der Waals surface area contributed by atoms with E-state index in [1.165, 1.54) is 5.57 Å². The third kappa shape index (κ3) is 1.11. The van der Waals surface area contributed by atoms with Gasteiger partial charge < -0.3 is 9.47 Å². The summed E-state index contributed by atoms with van der Waals surface area (Å²) < 4.78 is 11.7. The molecule has 1 saturated carbocycles. The molecule has 98 valence electrons. The van der Waals surface area contributed by atoms with Crippen LogP contribution in [0, 0.1) is 22.7 Å². The molecule has 2 heterocycles. The maximum atomic E-state index is 12.2. The number of hydrogen-bond donors (Lipinski definition) is 0. The predicted molar refractivity (Wildman–Crippen MR) is 65.8 cm³/mol. The second-order valence-electron chi connectivity index (χ2n) is 6.91. The van der Waals surface area contributed by atoms with Gasteiger partial charge in [-0.05, 0) is 24.3 Å². The fourth-order valence-corrected chi connectivity index (χ4v) is 4.94. The van der Waals surface area contributed by atoms with Crippen molar-refractivity contribution in [2.24, 2.45) is 22.7 Å². The molecule has 0 unspecified atom stereocenters. The summed E-state index contributed by atoms with van der Waals surface area (Å²) in [5.74, 6) is 1.27. The van der Waals surface area contributed by atoms with Crippen molar-refractivity contribution in [2.45, 2.75) is 39.4 Å². The SMILES string of the molecule is CC1(C)C(=O)CC[C@]23CO[C@H]4OCC(=CC[C@@H]12)[C@H]43. The molecule has 3 fully saturated rings. The summed E-state index contributed by atoms with van der Waals surface area (Å²) in [4.78, 5) is 12.2. The quantitative estimate of drug-likeness (QED) is 0.617. The third-order valence-corrected chi connectivity index (χ3v) is 5.94. The van der Waals surface area contributed by atoms with Crippen molar-refractivity contribution in [3.63, 3.8) is 0 Å². The Kier molecular flexibility index (Phi) is 2.02. The Morgan fingerprint density at radius 2 is 2.17 bits per heavy atom. The Labute approximate surface area is 108 Å². The van der Waals surface area contributed by atoms with Crippen LogP contribution in [-0.2, 0) is 14.3 Å². The molecule has 0 N–H and O–H groups in total. The van der Waals surface area contributed by atoms with E-state index >= 15 is 0 Å². The molecule has 3 heteroatoms. The topological polar surface area (TPSA) is 35.5 Å². The summed E-state index contributed by atoms with van der Waals surface area (Å²) in [6.07, 6.45) is 5.00. The van der Waals surface area contributed by atoms with Crippen LogP contribution in [0.25, 0.3) is 0 Å². The van der Waals surface area contributed by atoms with Gasteiger partial charge in [-0.25, -0.2) is 0 Å². The maximum absolute atomic E-state index is 12.2. The zero-order valence-electron chi connectivity index (χ0n) is 11.1. The summed E-state index contributed by atoms with van der Waals surface area (Å²) >= 11 is 0. The lowest BCUT2D eigenvalue weighted by Crippen LogP contribution is -2.53. The van der Waals surface area contributed by atoms with E-state index < -0.39 is 0 Å². The van der Waals surface area contributed by atoms with E-state index in [2.05, 4.69) is 19.9 Å². The number of carbonyl (C=O) groups excluding carboxylic acids is 1. The van der Waals surface area contributed by atoms with E-state index in [0.29, 0.717) is 24.0 Å². The number of hydrogen-bond acceptors (Lipinski definition) is 3. The molecule has 0 radical (unpaired) electrons. The first-order chi connectivity index (χ1) is 8.56. The number of Topliss-reactive ketones (excluding diaryl/α,β-unsaturated/α-hetero) is 1. The lowest BCUT2D eigenvalue weighted by molar-refractivity contribution is -0.142. The third-order valence-electron chi connectivity index (χ3n) is 5.94. The molecule has 4 aliphatic rings. The van der Waals surface area contributed by atoms with Crippen LogP contribution in [0.3, 0.4) is 0 Å². The van der Waals surface area contributed by atoms with Crippen LogP contribution in [0.2, 0.25) is 0 Å². The highest BCUT2D eigenvalue weighted by Crippen LogP contribution is 2.63. The Morgan fingerprint density at radius 1 is 1.33 bits per heavy atom. The van der Waals surface area contributed by atoms with Crippen molar-refractivity contribution in [3.05, 3.63) is 11.6 Å². The van der Waals surface area contributed by atoms with Gasteiger partial charge in [-0.2, -0.15) is 0 Å². The van der Waals surface area contributed by atoms with Crippen molar-refractivity contribution < 1.29 is 14.3 Å². The molecule has 4 atom stereocenters. The number of allylic oxidation sites excluding steroid dienone is 1. The van der Waals surface area contributed by atoms with E-state index in [0.717, 1.165) is 26.1 Å². The Hall–Kier alpha value is -0.670. The first-order valence-corrected chi connectivity index (χ1v) is 7.01. The molecule has 0 aromatic heterocycles. The van der Waals surface area contributed by atoms with Crippen molar-refractivity contribution >= 4 is 5.78 Å². The maximum Gasteiger partial charge on any atom is 0.165 e. The normalized spacial score (nSPS) is 48.7. The summed E-state index contributed by atoms with van der Waals surface area (Å²) in [5.41, 5.74) is 1.39. The van der Waals surface area contributed by atoms with Gasteiger partial charge in [-0.3, -0.25) is 4.79 Å². The van der Waals surface area contributed by atoms with Gasteiger partial charge in [-0.1, -0.05) is 19.9 Å². The molecule has 0 bridgehead atoms. The van der Waals surface area contributed by atoms with Crippen LogP contribution in [0.5, 0.6) is 0 Å². The average Bonchev–Trinajstić information content (AvgIpc) is 2.91. The van der Waals surface area contributed by atoms with Gasteiger partial charge in [0.05, 0.1) is 13.2 Å². The van der Waals surface area contributed by atoms with E-state index in [1.54, 1.807) is 0 Å². The highest BCUT2D eigenvalue weighted by Gasteiger charge is 2.64. The molecular formula is C15H20O3. The average molecular weight is 248 g/mol. The molecular weight excluding hydrogens is 228 g/mol. The van der Waals surface area contributed by atoms with Crippen LogP contribution in [0.15, 0.2) is 11.6 Å². The molecule has 4 rings (SSSR count). The van der Waals surface area contributed by atoms with Crippen molar-refractivity contribution in [1.29, 1.82) is 0 Å². The molecule has 1 spiro atoms. The van der Waals surface area contributed by atoms with Crippen LogP contribution < -0.4 is 0 Å². The van der Waals surface area contributed by atoms with E-state index in [-0.39, 0.29) is 17.1 Å². The predicted octanol–water partition coefficient (Wildman–Crippen LogP) is 2.31. The van der Waals surface area contributed by atoms with Gasteiger partial charge in [0.15, 0.2) is 6.29 Å². The molecule has 0 amide bonds. The van der Waals surface area contributed by atoms with Crippen LogP contribution >= 0.6 is 0 Å². The first kappa shape index (κ1) is 11.2. The van der Waals surface area contributed by atoms with Crippen LogP contribution in [0.1, 0.15) is 33.1 Å². The zero-order chi connectivity index (χ0) is 12.5. The van der Waals surface area contributed by atoms with Crippen molar-refractivity contribution in [2.75, 3.05) is 13.2 Å². The Bertz CT molecular complexity index is 451. The summed E-state index contributed by atoms with van der Waals surface area (Å²) in [7, 11) is 0. The molecule has 2 aliphatic heterocycles. The largest absolute Gasteiger partial charge is 0.351 e. The van der Waals surface area contributed by atoms with Crippen LogP contribution in [0.4, 0.5) is 0 Å². The Morgan fingerprint density at radius 3 is 3.00 bits per heavy atom. The summed E-state index contributed by atoms with van der Waals surface area (Å²) in [6, 6.07) is 0.